The summed E-state index contributed by atoms with van der Waals surface area (Å²) in [6, 6.07) is 6.73. The molecule has 3 unspecified atom stereocenters. The topological polar surface area (TPSA) is 56.7 Å². The highest BCUT2D eigenvalue weighted by Crippen LogP contribution is 2.44. The number of hydrogen-bond donors (Lipinski definition) is 1. The molecule has 1 aliphatic carbocycles. The fourth-order valence-corrected chi connectivity index (χ4v) is 3.11. The van der Waals surface area contributed by atoms with Crippen molar-refractivity contribution in [1.82, 2.24) is 14.8 Å². The van der Waals surface area contributed by atoms with Crippen LogP contribution in [0.3, 0.4) is 0 Å². The summed E-state index contributed by atoms with van der Waals surface area (Å²) in [6.07, 6.45) is 3.66. The number of nitrogens with zero attached hydrogens (tertiary/aromatic N) is 3. The molecule has 3 atom stereocenters. The lowest BCUT2D eigenvalue weighted by molar-refractivity contribution is 0.530. The Morgan fingerprint density at radius 1 is 1.26 bits per heavy atom. The van der Waals surface area contributed by atoms with Crippen LogP contribution in [0.5, 0.6) is 0 Å². The van der Waals surface area contributed by atoms with Crippen molar-refractivity contribution in [3.05, 3.63) is 47.8 Å². The van der Waals surface area contributed by atoms with Crippen LogP contribution in [-0.4, -0.2) is 20.8 Å². The summed E-state index contributed by atoms with van der Waals surface area (Å²) in [5.41, 5.74) is 7.33. The normalized spacial score (nSPS) is 26.8. The van der Waals surface area contributed by atoms with Gasteiger partial charge in [-0.3, -0.25) is 0 Å². The van der Waals surface area contributed by atoms with Gasteiger partial charge in [0, 0.05) is 24.9 Å². The number of rotatable bonds is 2. The average molecular weight is 260 g/mol. The van der Waals surface area contributed by atoms with Crippen molar-refractivity contribution in [2.45, 2.75) is 30.7 Å². The molecule has 19 heavy (non-hydrogen) atoms. The molecule has 1 aliphatic rings. The van der Waals surface area contributed by atoms with Gasteiger partial charge >= 0.3 is 0 Å². The fourth-order valence-electron chi connectivity index (χ4n) is 3.11. The number of aryl methyl sites for hydroxylation is 1. The van der Waals surface area contributed by atoms with E-state index in [1.807, 2.05) is 23.7 Å². The van der Waals surface area contributed by atoms with E-state index in [-0.39, 0.29) is 23.7 Å². The summed E-state index contributed by atoms with van der Waals surface area (Å²) < 4.78 is 15.0. The minimum atomic E-state index is -0.217. The molecule has 5 heteroatoms. The maximum absolute atomic E-state index is 13.0. The number of hydrogen-bond acceptors (Lipinski definition) is 3. The first-order chi connectivity index (χ1) is 9.16. The maximum Gasteiger partial charge on any atom is 0.136 e. The van der Waals surface area contributed by atoms with Crippen molar-refractivity contribution < 1.29 is 4.39 Å². The van der Waals surface area contributed by atoms with Gasteiger partial charge in [0.05, 0.1) is 0 Å². The molecule has 0 radical (unpaired) electrons. The quantitative estimate of drug-likeness (QED) is 0.897. The zero-order valence-corrected chi connectivity index (χ0v) is 10.8. The minimum absolute atomic E-state index is 0.0900. The first kappa shape index (κ1) is 12.3. The summed E-state index contributed by atoms with van der Waals surface area (Å²) in [5, 5.41) is 8.15. The zero-order chi connectivity index (χ0) is 13.4. The Kier molecular flexibility index (Phi) is 3.06. The van der Waals surface area contributed by atoms with Gasteiger partial charge in [-0.2, -0.15) is 0 Å². The van der Waals surface area contributed by atoms with E-state index in [2.05, 4.69) is 10.2 Å². The smallest absolute Gasteiger partial charge is 0.136 e. The van der Waals surface area contributed by atoms with Crippen molar-refractivity contribution in [3.8, 4) is 0 Å². The Balaban J connectivity index is 1.97. The lowest BCUT2D eigenvalue weighted by Gasteiger charge is -2.22. The number of halogens is 1. The van der Waals surface area contributed by atoms with Gasteiger partial charge in [-0.15, -0.1) is 10.2 Å². The highest BCUT2D eigenvalue weighted by Gasteiger charge is 2.38. The predicted octanol–water partition coefficient (Wildman–Crippen LogP) is 1.94. The molecule has 4 nitrogen and oxygen atoms in total. The van der Waals surface area contributed by atoms with Gasteiger partial charge in [-0.1, -0.05) is 12.1 Å². The van der Waals surface area contributed by atoms with Gasteiger partial charge in [-0.25, -0.2) is 4.39 Å². The third kappa shape index (κ3) is 2.14. The van der Waals surface area contributed by atoms with Crippen molar-refractivity contribution in [3.63, 3.8) is 0 Å². The number of nitrogens with two attached hydrogens (primary N) is 1. The third-order valence-electron chi connectivity index (χ3n) is 4.04. The van der Waals surface area contributed by atoms with E-state index >= 15 is 0 Å². The first-order valence-corrected chi connectivity index (χ1v) is 6.52. The molecule has 1 heterocycles. The van der Waals surface area contributed by atoms with E-state index in [1.165, 1.54) is 12.1 Å². The molecule has 1 saturated carbocycles. The van der Waals surface area contributed by atoms with Crippen LogP contribution >= 0.6 is 0 Å². The SMILES string of the molecule is Cn1cnnc1C1CCC(N)C1c1ccc(F)cc1. The molecule has 2 N–H and O–H groups in total. The Bertz CT molecular complexity index is 563. The molecule has 3 rings (SSSR count). The molecule has 2 aromatic rings. The van der Waals surface area contributed by atoms with E-state index in [4.69, 9.17) is 5.73 Å². The van der Waals surface area contributed by atoms with Crippen LogP contribution in [0.15, 0.2) is 30.6 Å². The van der Waals surface area contributed by atoms with Gasteiger partial charge < -0.3 is 10.3 Å². The van der Waals surface area contributed by atoms with Crippen LogP contribution in [0.25, 0.3) is 0 Å². The summed E-state index contributed by atoms with van der Waals surface area (Å²) in [7, 11) is 1.95. The highest BCUT2D eigenvalue weighted by atomic mass is 19.1. The summed E-state index contributed by atoms with van der Waals surface area (Å²) >= 11 is 0. The second kappa shape index (κ2) is 4.74. The van der Waals surface area contributed by atoms with Gasteiger partial charge in [0.25, 0.3) is 0 Å². The summed E-state index contributed by atoms with van der Waals surface area (Å²) in [6.45, 7) is 0. The standard InChI is InChI=1S/C14H17FN4/c1-19-8-17-18-14(19)11-6-7-12(16)13(11)9-2-4-10(15)5-3-9/h2-5,8,11-13H,6-7,16H2,1H3. The molecule has 0 spiro atoms. The molecule has 0 amide bonds. The van der Waals surface area contributed by atoms with E-state index in [1.54, 1.807) is 6.33 Å². The van der Waals surface area contributed by atoms with Gasteiger partial charge in [0.2, 0.25) is 0 Å². The summed E-state index contributed by atoms with van der Waals surface area (Å²) in [4.78, 5) is 0. The van der Waals surface area contributed by atoms with Crippen molar-refractivity contribution >= 4 is 0 Å². The Hall–Kier alpha value is -1.75. The second-order valence-corrected chi connectivity index (χ2v) is 5.23. The first-order valence-electron chi connectivity index (χ1n) is 6.52. The van der Waals surface area contributed by atoms with Gasteiger partial charge in [-0.05, 0) is 30.5 Å². The van der Waals surface area contributed by atoms with Crippen LogP contribution in [0.2, 0.25) is 0 Å². The van der Waals surface area contributed by atoms with E-state index in [0.717, 1.165) is 24.2 Å². The third-order valence-corrected chi connectivity index (χ3v) is 4.04. The van der Waals surface area contributed by atoms with Crippen molar-refractivity contribution in [2.75, 3.05) is 0 Å². The van der Waals surface area contributed by atoms with E-state index in [0.29, 0.717) is 0 Å². The second-order valence-electron chi connectivity index (χ2n) is 5.23. The zero-order valence-electron chi connectivity index (χ0n) is 10.8. The Morgan fingerprint density at radius 3 is 2.63 bits per heavy atom. The largest absolute Gasteiger partial charge is 0.327 e. The Labute approximate surface area is 111 Å². The van der Waals surface area contributed by atoms with Crippen LogP contribution in [0.4, 0.5) is 4.39 Å². The van der Waals surface area contributed by atoms with Crippen LogP contribution < -0.4 is 5.73 Å². The maximum atomic E-state index is 13.0. The minimum Gasteiger partial charge on any atom is -0.327 e. The average Bonchev–Trinajstić information content (AvgIpc) is 2.97. The monoisotopic (exact) mass is 260 g/mol. The summed E-state index contributed by atoms with van der Waals surface area (Å²) in [5.74, 6) is 1.18. The predicted molar refractivity (Wildman–Crippen MR) is 70.1 cm³/mol. The van der Waals surface area contributed by atoms with Crippen LogP contribution in [-0.2, 0) is 7.05 Å². The van der Waals surface area contributed by atoms with E-state index < -0.39 is 0 Å². The molecular formula is C14H17FN4. The number of aromatic nitrogens is 3. The van der Waals surface area contributed by atoms with E-state index in [9.17, 15) is 4.39 Å². The molecule has 0 saturated heterocycles. The molecule has 0 bridgehead atoms. The van der Waals surface area contributed by atoms with Crippen LogP contribution in [0.1, 0.15) is 36.1 Å². The highest BCUT2D eigenvalue weighted by molar-refractivity contribution is 5.28. The molecule has 1 aromatic carbocycles. The van der Waals surface area contributed by atoms with Gasteiger partial charge in [0.15, 0.2) is 0 Å². The number of benzene rings is 1. The molecule has 1 fully saturated rings. The lowest BCUT2D eigenvalue weighted by Crippen LogP contribution is -2.26. The van der Waals surface area contributed by atoms with Crippen molar-refractivity contribution in [2.24, 2.45) is 12.8 Å². The molecular weight excluding hydrogens is 243 g/mol. The Morgan fingerprint density at radius 2 is 2.00 bits per heavy atom. The molecule has 0 aliphatic heterocycles. The van der Waals surface area contributed by atoms with Crippen LogP contribution in [0, 0.1) is 5.82 Å². The molecule has 100 valence electrons. The fraction of sp³-hybridized carbons (Fsp3) is 0.429. The molecule has 1 aromatic heterocycles. The lowest BCUT2D eigenvalue weighted by atomic mass is 9.86. The van der Waals surface area contributed by atoms with Crippen molar-refractivity contribution in [1.29, 1.82) is 0 Å². The van der Waals surface area contributed by atoms with Gasteiger partial charge in [0.1, 0.15) is 18.0 Å².